The highest BCUT2D eigenvalue weighted by atomic mass is 28.5. The lowest BCUT2D eigenvalue weighted by atomic mass is 10.6. The number of nitrogens with zero attached hydrogens (tertiary/aromatic N) is 1. The molecule has 0 bridgehead atoms. The van der Waals surface area contributed by atoms with Crippen molar-refractivity contribution in [3.8, 4) is 0 Å². The van der Waals surface area contributed by atoms with E-state index in [4.69, 9.17) is 13.1 Å². The van der Waals surface area contributed by atoms with E-state index in [2.05, 4.69) is 33.5 Å². The van der Waals surface area contributed by atoms with Crippen molar-refractivity contribution in [2.75, 3.05) is 20.2 Å². The van der Waals surface area contributed by atoms with Crippen molar-refractivity contribution in [2.24, 2.45) is 0 Å². The average molecular weight is 251 g/mol. The summed E-state index contributed by atoms with van der Waals surface area (Å²) in [7, 11) is -2.43. The molecular weight excluding hydrogens is 226 g/mol. The third kappa shape index (κ3) is 6.44. The fourth-order valence-electron chi connectivity index (χ4n) is 1.24. The van der Waals surface area contributed by atoms with E-state index in [-0.39, 0.29) is 0 Å². The molecule has 0 aromatic carbocycles. The minimum absolute atomic E-state index is 0.845. The molecule has 15 heavy (non-hydrogen) atoms. The minimum atomic E-state index is -2.48. The Labute approximate surface area is 96.0 Å². The molecule has 0 amide bonds. The van der Waals surface area contributed by atoms with Crippen molar-refractivity contribution >= 4 is 17.1 Å². The Bertz CT molecular complexity index is 183. The van der Waals surface area contributed by atoms with Crippen LogP contribution in [-0.2, 0) is 13.1 Å². The second-order valence-electron chi connectivity index (χ2n) is 4.49. The van der Waals surface area contributed by atoms with Gasteiger partial charge in [-0.05, 0) is 19.6 Å². The molecule has 0 radical (unpaired) electrons. The molecule has 4 nitrogen and oxygen atoms in total. The van der Waals surface area contributed by atoms with Crippen molar-refractivity contribution in [3.63, 3.8) is 0 Å². The van der Waals surface area contributed by atoms with Crippen LogP contribution >= 0.6 is 0 Å². The lowest BCUT2D eigenvalue weighted by Crippen LogP contribution is -2.52. The van der Waals surface area contributed by atoms with Crippen LogP contribution in [0.1, 0.15) is 13.8 Å². The number of hydroxylamine groups is 2. The molecule has 0 aromatic rings. The van der Waals surface area contributed by atoms with Crippen LogP contribution < -0.4 is 0 Å². The first-order chi connectivity index (χ1) is 6.76. The number of hydrogen-bond donors (Lipinski definition) is 0. The van der Waals surface area contributed by atoms with Gasteiger partial charge >= 0.3 is 8.80 Å². The van der Waals surface area contributed by atoms with Gasteiger partial charge in [0, 0.05) is 26.7 Å². The Hall–Kier alpha value is 0.274. The predicted octanol–water partition coefficient (Wildman–Crippen LogP) is 2.33. The number of hydrogen-bond acceptors (Lipinski definition) is 4. The van der Waals surface area contributed by atoms with E-state index < -0.39 is 17.1 Å². The van der Waals surface area contributed by atoms with E-state index in [9.17, 15) is 0 Å². The van der Waals surface area contributed by atoms with Crippen LogP contribution in [0.15, 0.2) is 0 Å². The summed E-state index contributed by atoms with van der Waals surface area (Å²) in [5.74, 6) is 0. The van der Waals surface area contributed by atoms with Crippen LogP contribution in [0, 0.1) is 0 Å². The highest BCUT2D eigenvalue weighted by Crippen LogP contribution is 2.17. The molecule has 0 fully saturated rings. The molecule has 92 valence electrons. The van der Waals surface area contributed by atoms with Crippen molar-refractivity contribution in [1.82, 2.24) is 5.06 Å². The fraction of sp³-hybridized carbons (Fsp3) is 1.00. The first-order valence-corrected chi connectivity index (χ1v) is 11.1. The Morgan fingerprint density at radius 2 is 1.47 bits per heavy atom. The zero-order valence-corrected chi connectivity index (χ0v) is 13.1. The Morgan fingerprint density at radius 3 is 1.73 bits per heavy atom. The SMILES string of the molecule is CCN(CC)O[Si](C)(OC)O[Si](C)(C)C. The summed E-state index contributed by atoms with van der Waals surface area (Å²) >= 11 is 0. The first-order valence-electron chi connectivity index (χ1n) is 5.45. The highest BCUT2D eigenvalue weighted by Gasteiger charge is 2.40. The Morgan fingerprint density at radius 1 is 1.00 bits per heavy atom. The molecule has 0 spiro atoms. The smallest absolute Gasteiger partial charge is 0.415 e. The Balaban J connectivity index is 4.42. The fourth-order valence-corrected chi connectivity index (χ4v) is 6.97. The summed E-state index contributed by atoms with van der Waals surface area (Å²) in [6.07, 6.45) is 0. The average Bonchev–Trinajstić information content (AvgIpc) is 2.11. The topological polar surface area (TPSA) is 30.9 Å². The van der Waals surface area contributed by atoms with Crippen molar-refractivity contribution in [3.05, 3.63) is 0 Å². The summed E-state index contributed by atoms with van der Waals surface area (Å²) in [6, 6.07) is 0. The van der Waals surface area contributed by atoms with Gasteiger partial charge in [-0.1, -0.05) is 13.8 Å². The van der Waals surface area contributed by atoms with Crippen LogP contribution in [0.4, 0.5) is 0 Å². The molecule has 1 atom stereocenters. The molecular formula is C9H25NO3Si2. The third-order valence-corrected chi connectivity index (χ3v) is 7.13. The summed E-state index contributed by atoms with van der Waals surface area (Å²) in [5.41, 5.74) is 0. The summed E-state index contributed by atoms with van der Waals surface area (Å²) in [6.45, 7) is 14.2. The van der Waals surface area contributed by atoms with Crippen LogP contribution in [0.3, 0.4) is 0 Å². The molecule has 0 aromatic heterocycles. The van der Waals surface area contributed by atoms with E-state index >= 15 is 0 Å². The molecule has 0 rings (SSSR count). The standard InChI is InChI=1S/C9H25NO3Si2/c1-8-10(9-2)12-15(7,11-3)13-14(4,5)6/h8-9H2,1-7H3. The molecule has 0 aliphatic heterocycles. The van der Waals surface area contributed by atoms with E-state index in [0.717, 1.165) is 13.1 Å². The van der Waals surface area contributed by atoms with Gasteiger partial charge in [-0.25, -0.2) is 0 Å². The van der Waals surface area contributed by atoms with E-state index in [0.29, 0.717) is 0 Å². The lowest BCUT2D eigenvalue weighted by molar-refractivity contribution is -0.101. The van der Waals surface area contributed by atoms with Gasteiger partial charge in [0.1, 0.15) is 0 Å². The molecule has 0 N–H and O–H groups in total. The maximum absolute atomic E-state index is 6.00. The minimum Gasteiger partial charge on any atom is -0.415 e. The van der Waals surface area contributed by atoms with Crippen LogP contribution in [0.5, 0.6) is 0 Å². The monoisotopic (exact) mass is 251 g/mol. The van der Waals surface area contributed by atoms with Crippen LogP contribution in [0.25, 0.3) is 0 Å². The van der Waals surface area contributed by atoms with Crippen molar-refractivity contribution < 1.29 is 13.1 Å². The van der Waals surface area contributed by atoms with Crippen LogP contribution in [0.2, 0.25) is 26.2 Å². The molecule has 6 heteroatoms. The van der Waals surface area contributed by atoms with Gasteiger partial charge in [-0.3, -0.25) is 4.53 Å². The van der Waals surface area contributed by atoms with E-state index in [1.807, 2.05) is 11.6 Å². The van der Waals surface area contributed by atoms with Gasteiger partial charge < -0.3 is 8.54 Å². The Kier molecular flexibility index (Phi) is 6.23. The largest absolute Gasteiger partial charge is 0.504 e. The maximum atomic E-state index is 6.00. The zero-order valence-electron chi connectivity index (χ0n) is 11.1. The molecule has 0 aliphatic carbocycles. The zero-order chi connectivity index (χ0) is 12.1. The molecule has 1 unspecified atom stereocenters. The summed E-state index contributed by atoms with van der Waals surface area (Å²) < 4.78 is 17.3. The van der Waals surface area contributed by atoms with Gasteiger partial charge in [0.25, 0.3) is 0 Å². The normalized spacial score (nSPS) is 16.8. The molecule has 0 aliphatic rings. The second kappa shape index (κ2) is 6.12. The summed E-state index contributed by atoms with van der Waals surface area (Å²) in [4.78, 5) is 0. The first kappa shape index (κ1) is 15.3. The van der Waals surface area contributed by atoms with Gasteiger partial charge in [-0.15, -0.1) is 0 Å². The molecule has 0 saturated heterocycles. The van der Waals surface area contributed by atoms with E-state index in [1.54, 1.807) is 7.11 Å². The summed E-state index contributed by atoms with van der Waals surface area (Å²) in [5, 5.41) is 1.88. The second-order valence-corrected chi connectivity index (χ2v) is 11.8. The van der Waals surface area contributed by atoms with Gasteiger partial charge in [-0.2, -0.15) is 5.06 Å². The number of rotatable bonds is 7. The maximum Gasteiger partial charge on any atom is 0.504 e. The quantitative estimate of drug-likeness (QED) is 0.513. The molecule has 0 saturated carbocycles. The van der Waals surface area contributed by atoms with Gasteiger partial charge in [0.15, 0.2) is 8.32 Å². The van der Waals surface area contributed by atoms with Crippen molar-refractivity contribution in [1.29, 1.82) is 0 Å². The van der Waals surface area contributed by atoms with Gasteiger partial charge in [0.2, 0.25) is 0 Å². The predicted molar refractivity (Wildman–Crippen MR) is 67.1 cm³/mol. The van der Waals surface area contributed by atoms with Crippen LogP contribution in [-0.4, -0.2) is 42.4 Å². The highest BCUT2D eigenvalue weighted by molar-refractivity contribution is 6.79. The molecule has 0 heterocycles. The van der Waals surface area contributed by atoms with Gasteiger partial charge in [0.05, 0.1) is 0 Å². The third-order valence-electron chi connectivity index (χ3n) is 1.86. The lowest BCUT2D eigenvalue weighted by Gasteiger charge is -2.34. The van der Waals surface area contributed by atoms with Crippen molar-refractivity contribution in [2.45, 2.75) is 40.0 Å². The van der Waals surface area contributed by atoms with E-state index in [1.165, 1.54) is 0 Å².